The smallest absolute Gasteiger partial charge is 0.264 e. The van der Waals surface area contributed by atoms with E-state index in [9.17, 15) is 22.4 Å². The van der Waals surface area contributed by atoms with Gasteiger partial charge in [0, 0.05) is 19.0 Å². The molecule has 0 heterocycles. The topological polar surface area (TPSA) is 86.8 Å². The second-order valence-electron chi connectivity index (χ2n) is 11.5. The van der Waals surface area contributed by atoms with E-state index in [1.54, 1.807) is 48.5 Å². The summed E-state index contributed by atoms with van der Waals surface area (Å²) in [5.74, 6) is -1.27. The maximum absolute atomic E-state index is 14.5. The molecule has 234 valence electrons. The summed E-state index contributed by atoms with van der Waals surface area (Å²) >= 11 is 0. The molecule has 0 saturated heterocycles. The zero-order chi connectivity index (χ0) is 31.8. The maximum atomic E-state index is 14.5. The third kappa shape index (κ3) is 8.16. The van der Waals surface area contributed by atoms with E-state index in [1.165, 1.54) is 29.2 Å². The zero-order valence-electron chi connectivity index (χ0n) is 25.3. The Balaban J connectivity index is 1.56. The molecule has 9 heteroatoms. The van der Waals surface area contributed by atoms with Gasteiger partial charge in [0.15, 0.2) is 0 Å². The molecule has 7 nitrogen and oxygen atoms in total. The Hall–Kier alpha value is -4.50. The first kappa shape index (κ1) is 31.9. The molecule has 0 bridgehead atoms. The Morgan fingerprint density at radius 2 is 1.49 bits per heavy atom. The lowest BCUT2D eigenvalue weighted by atomic mass is 10.0. The van der Waals surface area contributed by atoms with Crippen molar-refractivity contribution in [2.75, 3.05) is 10.8 Å². The van der Waals surface area contributed by atoms with Crippen LogP contribution in [0.25, 0.3) is 0 Å². The van der Waals surface area contributed by atoms with Crippen molar-refractivity contribution in [1.29, 1.82) is 0 Å². The molecule has 4 aromatic carbocycles. The fourth-order valence-corrected chi connectivity index (χ4v) is 7.17. The molecule has 1 N–H and O–H groups in total. The van der Waals surface area contributed by atoms with Gasteiger partial charge >= 0.3 is 0 Å². The van der Waals surface area contributed by atoms with Crippen LogP contribution in [0.2, 0.25) is 0 Å². The molecule has 0 aliphatic heterocycles. The highest BCUT2D eigenvalue weighted by atomic mass is 32.2. The lowest BCUT2D eigenvalue weighted by molar-refractivity contribution is -0.140. The van der Waals surface area contributed by atoms with Crippen LogP contribution in [0, 0.1) is 12.7 Å². The lowest BCUT2D eigenvalue weighted by Gasteiger charge is -2.34. The predicted octanol–water partition coefficient (Wildman–Crippen LogP) is 6.03. The van der Waals surface area contributed by atoms with Crippen molar-refractivity contribution in [2.24, 2.45) is 0 Å². The number of aryl methyl sites for hydroxylation is 1. The third-order valence-corrected chi connectivity index (χ3v) is 9.93. The molecule has 0 spiro atoms. The molecule has 0 unspecified atom stereocenters. The highest BCUT2D eigenvalue weighted by Crippen LogP contribution is 2.26. The van der Waals surface area contributed by atoms with Crippen LogP contribution in [-0.4, -0.2) is 43.8 Å². The summed E-state index contributed by atoms with van der Waals surface area (Å²) < 4.78 is 43.1. The summed E-state index contributed by atoms with van der Waals surface area (Å²) in [4.78, 5) is 30.0. The quantitative estimate of drug-likeness (QED) is 0.208. The summed E-state index contributed by atoms with van der Waals surface area (Å²) in [5, 5.41) is 3.15. The monoisotopic (exact) mass is 627 g/mol. The first-order chi connectivity index (χ1) is 21.7. The van der Waals surface area contributed by atoms with E-state index >= 15 is 0 Å². The van der Waals surface area contributed by atoms with Crippen molar-refractivity contribution in [3.05, 3.63) is 132 Å². The van der Waals surface area contributed by atoms with E-state index < -0.39 is 34.3 Å². The fraction of sp³-hybridized carbons (Fsp3) is 0.278. The first-order valence-corrected chi connectivity index (χ1v) is 16.7. The largest absolute Gasteiger partial charge is 0.352 e. The predicted molar refractivity (Wildman–Crippen MR) is 173 cm³/mol. The molecule has 4 aromatic rings. The van der Waals surface area contributed by atoms with Gasteiger partial charge in [0.1, 0.15) is 18.4 Å². The molecule has 45 heavy (non-hydrogen) atoms. The van der Waals surface area contributed by atoms with Crippen LogP contribution in [0.5, 0.6) is 0 Å². The number of amides is 2. The number of hydrogen-bond donors (Lipinski definition) is 1. The summed E-state index contributed by atoms with van der Waals surface area (Å²) in [5.41, 5.74) is 2.64. The zero-order valence-corrected chi connectivity index (χ0v) is 26.1. The number of rotatable bonds is 12. The number of carbonyl (C=O) groups is 2. The minimum absolute atomic E-state index is 0.0122. The molecule has 0 aromatic heterocycles. The number of sulfonamides is 1. The van der Waals surface area contributed by atoms with Gasteiger partial charge in [-0.25, -0.2) is 12.8 Å². The normalized spacial score (nSPS) is 14.1. The van der Waals surface area contributed by atoms with E-state index in [2.05, 4.69) is 5.32 Å². The van der Waals surface area contributed by atoms with Gasteiger partial charge in [0.25, 0.3) is 10.0 Å². The fourth-order valence-electron chi connectivity index (χ4n) is 5.74. The van der Waals surface area contributed by atoms with Crippen LogP contribution >= 0.6 is 0 Å². The van der Waals surface area contributed by atoms with Crippen LogP contribution in [0.4, 0.5) is 10.1 Å². The van der Waals surface area contributed by atoms with Gasteiger partial charge in [-0.3, -0.25) is 13.9 Å². The minimum atomic E-state index is -4.17. The van der Waals surface area contributed by atoms with E-state index in [4.69, 9.17) is 0 Å². The van der Waals surface area contributed by atoms with Crippen molar-refractivity contribution in [3.63, 3.8) is 0 Å². The molecule has 2 amide bonds. The van der Waals surface area contributed by atoms with E-state index in [1.807, 2.05) is 43.3 Å². The second-order valence-corrected chi connectivity index (χ2v) is 13.4. The van der Waals surface area contributed by atoms with Gasteiger partial charge in [-0.2, -0.15) is 0 Å². The van der Waals surface area contributed by atoms with Gasteiger partial charge in [-0.15, -0.1) is 0 Å². The Kier molecular flexibility index (Phi) is 10.3. The van der Waals surface area contributed by atoms with Gasteiger partial charge in [-0.05, 0) is 72.9 Å². The number of halogens is 1. The Bertz CT molecular complexity index is 1690. The molecule has 1 saturated carbocycles. The SMILES string of the molecule is Cc1cccc(N(CC(=O)N(Cc2ccc(F)cc2)[C@@H](Cc2ccccc2)C(=O)NC2CCCC2)S(=O)(=O)c2ccccc2)c1. The average molecular weight is 628 g/mol. The van der Waals surface area contributed by atoms with Crippen LogP contribution in [0.15, 0.2) is 114 Å². The lowest BCUT2D eigenvalue weighted by Crippen LogP contribution is -2.54. The number of anilines is 1. The van der Waals surface area contributed by atoms with Crippen molar-refractivity contribution in [2.45, 2.75) is 62.6 Å². The van der Waals surface area contributed by atoms with Gasteiger partial charge in [0.05, 0.1) is 10.6 Å². The molecule has 5 rings (SSSR count). The van der Waals surface area contributed by atoms with Crippen molar-refractivity contribution in [1.82, 2.24) is 10.2 Å². The third-order valence-electron chi connectivity index (χ3n) is 8.14. The van der Waals surface area contributed by atoms with Crippen LogP contribution in [0.3, 0.4) is 0 Å². The van der Waals surface area contributed by atoms with Crippen LogP contribution < -0.4 is 9.62 Å². The summed E-state index contributed by atoms with van der Waals surface area (Å²) in [6.07, 6.45) is 4.01. The standard InChI is InChI=1S/C36H38FN3O4S/c1-27-11-10-16-32(23-27)40(45(43,44)33-17-6-3-7-18-33)26-35(41)39(25-29-19-21-30(37)22-20-29)34(24-28-12-4-2-5-13-28)36(42)38-31-14-8-9-15-31/h2-7,10-13,16-23,31,34H,8-9,14-15,24-26H2,1H3,(H,38,42)/t34-/m0/s1. The Morgan fingerprint density at radius 1 is 0.844 bits per heavy atom. The Labute approximate surface area is 264 Å². The number of carbonyl (C=O) groups excluding carboxylic acids is 2. The van der Waals surface area contributed by atoms with Gasteiger partial charge < -0.3 is 10.2 Å². The summed E-state index contributed by atoms with van der Waals surface area (Å²) in [7, 11) is -4.17. The highest BCUT2D eigenvalue weighted by molar-refractivity contribution is 7.92. The van der Waals surface area contributed by atoms with Gasteiger partial charge in [0.2, 0.25) is 11.8 Å². The molecule has 1 aliphatic carbocycles. The maximum Gasteiger partial charge on any atom is 0.264 e. The Morgan fingerprint density at radius 3 is 2.13 bits per heavy atom. The molecular weight excluding hydrogens is 589 g/mol. The van der Waals surface area contributed by atoms with Crippen LogP contribution in [0.1, 0.15) is 42.4 Å². The average Bonchev–Trinajstić information content (AvgIpc) is 3.56. The van der Waals surface area contributed by atoms with Crippen molar-refractivity contribution in [3.8, 4) is 0 Å². The first-order valence-electron chi connectivity index (χ1n) is 15.2. The second kappa shape index (κ2) is 14.5. The molecule has 1 atom stereocenters. The number of nitrogens with one attached hydrogen (secondary N) is 1. The highest BCUT2D eigenvalue weighted by Gasteiger charge is 2.35. The van der Waals surface area contributed by atoms with E-state index in [0.717, 1.165) is 41.1 Å². The van der Waals surface area contributed by atoms with E-state index in [-0.39, 0.29) is 29.8 Å². The molecule has 0 radical (unpaired) electrons. The number of nitrogens with zero attached hydrogens (tertiary/aromatic N) is 2. The minimum Gasteiger partial charge on any atom is -0.352 e. The van der Waals surface area contributed by atoms with E-state index in [0.29, 0.717) is 11.3 Å². The summed E-state index contributed by atoms with van der Waals surface area (Å²) in [6, 6.07) is 29.2. The molecule has 1 aliphatic rings. The van der Waals surface area contributed by atoms with Gasteiger partial charge in [-0.1, -0.05) is 85.6 Å². The summed E-state index contributed by atoms with van der Waals surface area (Å²) in [6.45, 7) is 1.30. The number of hydrogen-bond acceptors (Lipinski definition) is 4. The molecule has 1 fully saturated rings. The van der Waals surface area contributed by atoms with Crippen LogP contribution in [-0.2, 0) is 32.6 Å². The number of benzene rings is 4. The van der Waals surface area contributed by atoms with Crippen molar-refractivity contribution >= 4 is 27.5 Å². The molecular formula is C36H38FN3O4S. The van der Waals surface area contributed by atoms with Crippen molar-refractivity contribution < 1.29 is 22.4 Å².